The van der Waals surface area contributed by atoms with Crippen LogP contribution in [-0.4, -0.2) is 114 Å². The number of amides is 3. The molecule has 2 unspecified atom stereocenters. The number of likely N-dealkylation sites (tertiary alicyclic amines) is 1. The normalized spacial score (nSPS) is 15.2. The third-order valence-corrected chi connectivity index (χ3v) is 17.8. The van der Waals surface area contributed by atoms with E-state index in [9.17, 15) is 42.4 Å². The smallest absolute Gasteiger partial charge is 0.339 e. The molecule has 0 aliphatic carbocycles. The summed E-state index contributed by atoms with van der Waals surface area (Å²) in [6.07, 6.45) is 0.497. The predicted octanol–water partition coefficient (Wildman–Crippen LogP) is 9.48. The second kappa shape index (κ2) is 27.7. The summed E-state index contributed by atoms with van der Waals surface area (Å²) >= 11 is 1.55. The van der Waals surface area contributed by atoms with Crippen molar-refractivity contribution in [2.75, 3.05) is 35.6 Å². The maximum absolute atomic E-state index is 14.1. The van der Waals surface area contributed by atoms with Gasteiger partial charge in [0.1, 0.15) is 59.6 Å². The topological polar surface area (TPSA) is 269 Å². The summed E-state index contributed by atoms with van der Waals surface area (Å²) in [5.74, 6) is -1.93. The fourth-order valence-corrected chi connectivity index (χ4v) is 11.2. The lowest BCUT2D eigenvalue weighted by Gasteiger charge is -2.35. The molecule has 24 heteroatoms. The van der Waals surface area contributed by atoms with Gasteiger partial charge in [0.2, 0.25) is 27.7 Å². The Bertz CT molecular complexity index is 3400. The Labute approximate surface area is 489 Å². The lowest BCUT2D eigenvalue weighted by Crippen LogP contribution is -2.57. The predicted molar refractivity (Wildman–Crippen MR) is 318 cm³/mol. The molecule has 0 saturated carbocycles. The second-order valence-electron chi connectivity index (χ2n) is 22.7. The minimum absolute atomic E-state index is 0.0132. The van der Waals surface area contributed by atoms with Gasteiger partial charge in [0.05, 0.1) is 45.8 Å². The van der Waals surface area contributed by atoms with Crippen LogP contribution >= 0.6 is 11.3 Å². The van der Waals surface area contributed by atoms with Crippen molar-refractivity contribution in [2.45, 2.75) is 130 Å². The number of β-amino-alcohol motifs (C(OH)–C–C–N with tert-alkyl or cyclic N) is 1. The largest absolute Gasteiger partial charge is 0.484 e. The summed E-state index contributed by atoms with van der Waals surface area (Å²) < 4.78 is 61.3. The number of ether oxygens (including phenoxy) is 3. The maximum atomic E-state index is 14.1. The number of carbonyl (C=O) groups is 4. The van der Waals surface area contributed by atoms with E-state index in [1.54, 1.807) is 48.0 Å². The number of benzene rings is 3. The number of sulfonamides is 1. The number of nitrogens with one attached hydrogen (secondary N) is 4. The zero-order chi connectivity index (χ0) is 60.2. The first-order valence-electron chi connectivity index (χ1n) is 27.4. The van der Waals surface area contributed by atoms with E-state index in [1.165, 1.54) is 53.0 Å². The summed E-state index contributed by atoms with van der Waals surface area (Å²) in [7, 11) is -5.22. The molecule has 442 valence electrons. The third-order valence-electron chi connectivity index (χ3n) is 13.8. The first kappa shape index (κ1) is 63.0. The Morgan fingerprint density at radius 2 is 1.70 bits per heavy atom. The molecule has 7 rings (SSSR count). The molecule has 1 saturated heterocycles. The van der Waals surface area contributed by atoms with E-state index >= 15 is 0 Å². The van der Waals surface area contributed by atoms with Crippen molar-refractivity contribution in [1.82, 2.24) is 35.3 Å². The molecule has 3 amide bonds. The number of aryl methyl sites for hydroxylation is 1. The SMILES string of the molecule is CCS(=O)(=O)Nc1ccc(-c2nn(COCC[Si](C)(C)C)c(Nc3ccc(C(=O)OCCCCC(=O)NC(C(=O)N4C[C@H](O)C[C@H]4C(=O)NCc4ccc(-c5scnc5C)cc4)C(C)(C)C)cn3)c2C#N)cc1OC(C)c1ccc(F)cc1. The van der Waals surface area contributed by atoms with Crippen molar-refractivity contribution >= 4 is 70.4 Å². The number of pyridine rings is 1. The van der Waals surface area contributed by atoms with Gasteiger partial charge in [-0.25, -0.2) is 32.3 Å². The first-order chi connectivity index (χ1) is 39.3. The minimum atomic E-state index is -3.75. The fraction of sp³-hybridized carbons (Fsp3) is 0.424. The van der Waals surface area contributed by atoms with Gasteiger partial charge in [-0.05, 0) is 98.2 Å². The van der Waals surface area contributed by atoms with Crippen LogP contribution < -0.4 is 25.4 Å². The van der Waals surface area contributed by atoms with E-state index in [0.717, 1.165) is 27.7 Å². The Morgan fingerprint density at radius 3 is 2.34 bits per heavy atom. The molecule has 5 N–H and O–H groups in total. The summed E-state index contributed by atoms with van der Waals surface area (Å²) in [6, 6.07) is 22.5. The molecule has 1 fully saturated rings. The van der Waals surface area contributed by atoms with Gasteiger partial charge in [-0.15, -0.1) is 11.3 Å². The van der Waals surface area contributed by atoms with Crippen LogP contribution in [0.15, 0.2) is 90.6 Å². The molecule has 3 aromatic carbocycles. The van der Waals surface area contributed by atoms with Crippen LogP contribution in [0.1, 0.15) is 99.1 Å². The first-order valence-corrected chi connectivity index (χ1v) is 33.7. The molecular formula is C59H73FN10O10S2Si. The molecule has 0 spiro atoms. The monoisotopic (exact) mass is 1190 g/mol. The van der Waals surface area contributed by atoms with Gasteiger partial charge in [-0.2, -0.15) is 10.4 Å². The van der Waals surface area contributed by atoms with Crippen molar-refractivity contribution in [1.29, 1.82) is 5.26 Å². The molecule has 4 atom stereocenters. The van der Waals surface area contributed by atoms with E-state index < -0.39 is 77.3 Å². The van der Waals surface area contributed by atoms with Crippen LogP contribution in [-0.2, 0) is 47.2 Å². The number of anilines is 3. The van der Waals surface area contributed by atoms with E-state index in [0.29, 0.717) is 30.6 Å². The van der Waals surface area contributed by atoms with Crippen molar-refractivity contribution in [3.8, 4) is 33.5 Å². The zero-order valence-electron chi connectivity index (χ0n) is 48.2. The summed E-state index contributed by atoms with van der Waals surface area (Å²) in [5, 5.41) is 35.1. The molecule has 0 radical (unpaired) electrons. The van der Waals surface area contributed by atoms with Crippen LogP contribution in [0.4, 0.5) is 21.7 Å². The maximum Gasteiger partial charge on any atom is 0.339 e. The molecule has 1 aliphatic rings. The van der Waals surface area contributed by atoms with E-state index in [2.05, 4.69) is 56.4 Å². The molecule has 4 heterocycles. The highest BCUT2D eigenvalue weighted by Gasteiger charge is 2.44. The van der Waals surface area contributed by atoms with Crippen molar-refractivity contribution in [2.24, 2.45) is 5.41 Å². The number of aromatic nitrogens is 4. The number of carbonyl (C=O) groups excluding carboxylic acids is 4. The average Bonchev–Trinajstić information content (AvgIpc) is 3.51. The van der Waals surface area contributed by atoms with Crippen molar-refractivity contribution in [3.05, 3.63) is 124 Å². The summed E-state index contributed by atoms with van der Waals surface area (Å²) in [5.41, 5.74) is 5.55. The molecular weight excluding hydrogens is 1120 g/mol. The average molecular weight is 1190 g/mol. The van der Waals surface area contributed by atoms with Crippen molar-refractivity contribution < 1.29 is 51.3 Å². The van der Waals surface area contributed by atoms with Gasteiger partial charge < -0.3 is 40.2 Å². The number of nitriles is 1. The van der Waals surface area contributed by atoms with Crippen LogP contribution in [0.25, 0.3) is 21.7 Å². The van der Waals surface area contributed by atoms with Crippen LogP contribution in [0, 0.1) is 29.5 Å². The zero-order valence-corrected chi connectivity index (χ0v) is 50.9. The molecule has 0 bridgehead atoms. The number of unbranched alkanes of at least 4 members (excludes halogenated alkanes) is 1. The third kappa shape index (κ3) is 17.3. The number of nitrogens with zero attached hydrogens (tertiary/aromatic N) is 6. The Hall–Kier alpha value is -7.56. The lowest BCUT2D eigenvalue weighted by molar-refractivity contribution is -0.144. The van der Waals surface area contributed by atoms with E-state index in [4.69, 9.17) is 19.3 Å². The lowest BCUT2D eigenvalue weighted by atomic mass is 9.85. The number of aliphatic hydroxyl groups excluding tert-OH is 1. The highest BCUT2D eigenvalue weighted by molar-refractivity contribution is 7.92. The van der Waals surface area contributed by atoms with E-state index in [1.807, 2.05) is 52.0 Å². The van der Waals surface area contributed by atoms with Gasteiger partial charge in [-0.1, -0.05) is 82.9 Å². The number of hydrogen-bond donors (Lipinski definition) is 5. The quantitative estimate of drug-likeness (QED) is 0.0192. The standard InChI is InChI=1S/C59H73FN10O10S2Si/c1-10-82(76,77)68-47-24-20-42(29-49(47)80-38(3)40-18-22-44(60)23-19-40)52-46(31-61)55(70(67-52)36-78-27-28-83(7,8)9)65-50-25-21-43(33-62-50)58(75)79-26-12-11-13-51(72)66-54(59(4,5)6)57(74)69-34-45(71)30-48(69)56(73)63-32-39-14-16-41(17-15-39)53-37(2)64-35-81-53/h14-25,29,33,35,38,45,48,54,68,71H,10-13,26-28,30,32,34,36H2,1-9H3,(H,62,65)(H,63,73)(H,66,72)/t38?,45-,48+,54?/m1/s1. The highest BCUT2D eigenvalue weighted by Crippen LogP contribution is 2.38. The molecule has 3 aromatic heterocycles. The number of thiazole rings is 1. The second-order valence-corrected chi connectivity index (χ2v) is 31.1. The van der Waals surface area contributed by atoms with E-state index in [-0.39, 0.29) is 84.9 Å². The Balaban J connectivity index is 0.954. The highest BCUT2D eigenvalue weighted by atomic mass is 32.2. The Morgan fingerprint density at radius 1 is 0.976 bits per heavy atom. The van der Waals surface area contributed by atoms with Gasteiger partial charge in [-0.3, -0.25) is 19.1 Å². The Kier molecular flexibility index (Phi) is 21.0. The number of aliphatic hydroxyl groups is 1. The number of esters is 1. The number of hydrogen-bond acceptors (Lipinski definition) is 16. The number of halogens is 1. The van der Waals surface area contributed by atoms with Crippen LogP contribution in [0.3, 0.4) is 0 Å². The van der Waals surface area contributed by atoms with Crippen LogP contribution in [0.5, 0.6) is 5.75 Å². The molecule has 83 heavy (non-hydrogen) atoms. The van der Waals surface area contributed by atoms with Gasteiger partial charge in [0.15, 0.2) is 5.82 Å². The molecule has 6 aromatic rings. The van der Waals surface area contributed by atoms with Crippen molar-refractivity contribution in [3.63, 3.8) is 0 Å². The van der Waals surface area contributed by atoms with Gasteiger partial charge >= 0.3 is 5.97 Å². The summed E-state index contributed by atoms with van der Waals surface area (Å²) in [4.78, 5) is 65.4. The van der Waals surface area contributed by atoms with Gasteiger partial charge in [0.25, 0.3) is 0 Å². The van der Waals surface area contributed by atoms with Gasteiger partial charge in [0, 0.05) is 52.4 Å². The fourth-order valence-electron chi connectivity index (χ4n) is 8.96. The molecule has 1 aliphatic heterocycles. The molecule has 20 nitrogen and oxygen atoms in total. The van der Waals surface area contributed by atoms with Crippen LogP contribution in [0.2, 0.25) is 25.7 Å². The summed E-state index contributed by atoms with van der Waals surface area (Å²) in [6.45, 7) is 17.9. The minimum Gasteiger partial charge on any atom is -0.484 e. The number of rotatable bonds is 26.